The minimum absolute atomic E-state index is 0.0639. The number of methoxy groups -OCH3 is 1. The van der Waals surface area contributed by atoms with Crippen LogP contribution in [0.25, 0.3) is 0 Å². The first-order valence-corrected chi connectivity index (χ1v) is 7.29. The van der Waals surface area contributed by atoms with Crippen molar-refractivity contribution in [2.24, 2.45) is 16.7 Å². The normalized spacial score (nSPS) is 43.8. The molecule has 2 saturated carbocycles. The Labute approximate surface area is 120 Å². The van der Waals surface area contributed by atoms with Crippen molar-refractivity contribution in [1.82, 2.24) is 0 Å². The molecule has 2 N–H and O–H groups in total. The van der Waals surface area contributed by atoms with Crippen molar-refractivity contribution >= 4 is 5.97 Å². The van der Waals surface area contributed by atoms with E-state index in [2.05, 4.69) is 27.4 Å². The molecule has 0 aromatic rings. The maximum absolute atomic E-state index is 12.0. The van der Waals surface area contributed by atoms with E-state index in [1.165, 1.54) is 7.11 Å². The lowest BCUT2D eigenvalue weighted by Crippen LogP contribution is -2.63. The van der Waals surface area contributed by atoms with Crippen molar-refractivity contribution in [1.29, 1.82) is 0 Å². The number of ether oxygens (including phenoxy) is 1. The number of hydrogen-bond donors (Lipinski definition) is 2. The summed E-state index contributed by atoms with van der Waals surface area (Å²) in [6, 6.07) is 0. The lowest BCUT2D eigenvalue weighted by Gasteiger charge is -2.59. The number of carbonyl (C=O) groups excluding carboxylic acids is 1. The maximum Gasteiger partial charge on any atom is 0.345 e. The van der Waals surface area contributed by atoms with Gasteiger partial charge in [0.2, 0.25) is 5.60 Å². The average Bonchev–Trinajstić information content (AvgIpc) is 2.38. The lowest BCUT2D eigenvalue weighted by atomic mass is 9.47. The van der Waals surface area contributed by atoms with Gasteiger partial charge < -0.3 is 14.9 Å². The van der Waals surface area contributed by atoms with Gasteiger partial charge in [0.1, 0.15) is 0 Å². The average molecular weight is 282 g/mol. The largest absolute Gasteiger partial charge is 0.467 e. The van der Waals surface area contributed by atoms with Gasteiger partial charge in [-0.2, -0.15) is 0 Å². The van der Waals surface area contributed by atoms with Crippen molar-refractivity contribution in [2.45, 2.75) is 58.2 Å². The topological polar surface area (TPSA) is 66.8 Å². The molecule has 4 nitrogen and oxygen atoms in total. The minimum Gasteiger partial charge on any atom is -0.467 e. The maximum atomic E-state index is 12.0. The van der Waals surface area contributed by atoms with E-state index in [1.807, 2.05) is 0 Å². The highest BCUT2D eigenvalue weighted by Crippen LogP contribution is 2.61. The van der Waals surface area contributed by atoms with Gasteiger partial charge in [0.15, 0.2) is 0 Å². The molecule has 20 heavy (non-hydrogen) atoms. The van der Waals surface area contributed by atoms with E-state index in [9.17, 15) is 15.0 Å². The molecule has 0 radical (unpaired) electrons. The summed E-state index contributed by atoms with van der Waals surface area (Å²) in [5.41, 5.74) is -1.85. The molecule has 0 spiro atoms. The fourth-order valence-corrected chi connectivity index (χ4v) is 4.51. The van der Waals surface area contributed by atoms with Crippen LogP contribution in [0.1, 0.15) is 46.5 Å². The molecule has 0 amide bonds. The van der Waals surface area contributed by atoms with E-state index in [4.69, 9.17) is 4.74 Å². The molecule has 2 aliphatic carbocycles. The van der Waals surface area contributed by atoms with Gasteiger partial charge in [-0.25, -0.2) is 4.79 Å². The van der Waals surface area contributed by atoms with Crippen molar-refractivity contribution < 1.29 is 19.7 Å². The van der Waals surface area contributed by atoms with Gasteiger partial charge in [-0.1, -0.05) is 33.8 Å². The van der Waals surface area contributed by atoms with Crippen LogP contribution in [-0.4, -0.2) is 35.0 Å². The quantitative estimate of drug-likeness (QED) is 0.570. The number of carbonyl (C=O) groups is 1. The number of hydrogen-bond acceptors (Lipinski definition) is 4. The summed E-state index contributed by atoms with van der Waals surface area (Å²) in [7, 11) is 1.22. The van der Waals surface area contributed by atoms with Crippen LogP contribution in [0, 0.1) is 16.7 Å². The van der Waals surface area contributed by atoms with Crippen molar-refractivity contribution in [3.05, 3.63) is 12.2 Å². The van der Waals surface area contributed by atoms with Gasteiger partial charge in [0.25, 0.3) is 0 Å². The molecule has 0 aromatic heterocycles. The molecule has 2 rings (SSSR count). The van der Waals surface area contributed by atoms with Crippen molar-refractivity contribution in [3.8, 4) is 0 Å². The molecule has 4 heteroatoms. The van der Waals surface area contributed by atoms with E-state index in [-0.39, 0.29) is 16.7 Å². The van der Waals surface area contributed by atoms with Crippen LogP contribution in [0.4, 0.5) is 0 Å². The number of aliphatic hydroxyl groups excluding tert-OH is 1. The Balaban J connectivity index is 2.48. The van der Waals surface area contributed by atoms with E-state index in [0.717, 1.165) is 19.3 Å². The summed E-state index contributed by atoms with van der Waals surface area (Å²) in [5.74, 6) is -0.603. The fraction of sp³-hybridized carbons (Fsp3) is 0.812. The van der Waals surface area contributed by atoms with E-state index >= 15 is 0 Å². The molecule has 0 heterocycles. The third kappa shape index (κ3) is 1.85. The van der Waals surface area contributed by atoms with Gasteiger partial charge in [-0.15, -0.1) is 0 Å². The zero-order chi connectivity index (χ0) is 15.3. The van der Waals surface area contributed by atoms with Crippen molar-refractivity contribution in [2.75, 3.05) is 7.11 Å². The first-order chi connectivity index (χ1) is 9.10. The summed E-state index contributed by atoms with van der Waals surface area (Å²) in [6.45, 7) is 10.4. The molecule has 0 saturated heterocycles. The summed E-state index contributed by atoms with van der Waals surface area (Å²) in [5, 5.41) is 21.1. The van der Waals surface area contributed by atoms with Crippen LogP contribution >= 0.6 is 0 Å². The number of esters is 1. The molecular formula is C16H26O4. The smallest absolute Gasteiger partial charge is 0.345 e. The number of fused-ring (bicyclic) bond motifs is 1. The van der Waals surface area contributed by atoms with Gasteiger partial charge in [0, 0.05) is 0 Å². The molecule has 0 bridgehead atoms. The van der Waals surface area contributed by atoms with E-state index < -0.39 is 17.7 Å². The van der Waals surface area contributed by atoms with Crippen LogP contribution in [-0.2, 0) is 9.53 Å². The molecule has 0 unspecified atom stereocenters. The van der Waals surface area contributed by atoms with E-state index in [0.29, 0.717) is 12.0 Å². The zero-order valence-corrected chi connectivity index (χ0v) is 12.9. The predicted molar refractivity (Wildman–Crippen MR) is 76.0 cm³/mol. The van der Waals surface area contributed by atoms with Crippen LogP contribution in [0.5, 0.6) is 0 Å². The molecular weight excluding hydrogens is 256 g/mol. The van der Waals surface area contributed by atoms with Gasteiger partial charge in [0.05, 0.1) is 13.2 Å². The van der Waals surface area contributed by atoms with Crippen LogP contribution in [0.15, 0.2) is 12.2 Å². The van der Waals surface area contributed by atoms with Gasteiger partial charge in [-0.3, -0.25) is 0 Å². The summed E-state index contributed by atoms with van der Waals surface area (Å²) in [4.78, 5) is 12.0. The van der Waals surface area contributed by atoms with Crippen LogP contribution in [0.2, 0.25) is 0 Å². The zero-order valence-electron chi connectivity index (χ0n) is 12.9. The minimum atomic E-state index is -1.98. The highest BCUT2D eigenvalue weighted by atomic mass is 16.5. The molecule has 0 aliphatic heterocycles. The summed E-state index contributed by atoms with van der Waals surface area (Å²) in [6.07, 6.45) is 2.24. The Kier molecular flexibility index (Phi) is 3.54. The summed E-state index contributed by atoms with van der Waals surface area (Å²) < 4.78 is 4.70. The second kappa shape index (κ2) is 4.57. The van der Waals surface area contributed by atoms with E-state index in [1.54, 1.807) is 0 Å². The highest BCUT2D eigenvalue weighted by Gasteiger charge is 2.62. The Bertz CT molecular complexity index is 442. The second-order valence-electron chi connectivity index (χ2n) is 7.30. The van der Waals surface area contributed by atoms with Gasteiger partial charge >= 0.3 is 5.97 Å². The van der Waals surface area contributed by atoms with Crippen LogP contribution < -0.4 is 0 Å². The standard InChI is InChI=1S/C16H26O4/c1-10-15(4)8-6-7-14(2,3)11(15)9-12(17)16(10,19)13(18)20-5/h11-12,17,19H,1,6-9H2,2-5H3/t11-,12+,15+,16-/m0/s1. The Morgan fingerprint density at radius 1 is 1.35 bits per heavy atom. The van der Waals surface area contributed by atoms with Gasteiger partial charge in [-0.05, 0) is 41.6 Å². The second-order valence-corrected chi connectivity index (χ2v) is 7.30. The highest BCUT2D eigenvalue weighted by molar-refractivity contribution is 5.85. The monoisotopic (exact) mass is 282 g/mol. The Morgan fingerprint density at radius 2 is 1.95 bits per heavy atom. The third-order valence-corrected chi connectivity index (χ3v) is 5.82. The fourth-order valence-electron chi connectivity index (χ4n) is 4.51. The number of aliphatic hydroxyl groups is 2. The lowest BCUT2D eigenvalue weighted by molar-refractivity contribution is -0.186. The molecule has 0 aromatic carbocycles. The summed E-state index contributed by atoms with van der Waals surface area (Å²) >= 11 is 0. The molecule has 2 fully saturated rings. The first-order valence-electron chi connectivity index (χ1n) is 7.29. The first kappa shape index (κ1) is 15.5. The van der Waals surface area contributed by atoms with Crippen LogP contribution in [0.3, 0.4) is 0 Å². The Morgan fingerprint density at radius 3 is 2.50 bits per heavy atom. The third-order valence-electron chi connectivity index (χ3n) is 5.82. The molecule has 114 valence electrons. The molecule has 4 atom stereocenters. The van der Waals surface area contributed by atoms with Crippen molar-refractivity contribution in [3.63, 3.8) is 0 Å². The SMILES string of the molecule is C=C1[C@@](O)(C(=O)OC)[C@H](O)C[C@H]2C(C)(C)CCC[C@]12C. The predicted octanol–water partition coefficient (Wildman–Crippen LogP) is 2.04. The Hall–Kier alpha value is -0.870. The number of rotatable bonds is 1. The molecule has 2 aliphatic rings.